The van der Waals surface area contributed by atoms with E-state index in [4.69, 9.17) is 39.7 Å². The molecule has 25 nitrogen and oxygen atoms in total. The number of hydrogen-bond donors (Lipinski definition) is 6. The Morgan fingerprint density at radius 1 is 0.397 bits per heavy atom. The van der Waals surface area contributed by atoms with E-state index in [0.29, 0.717) is 177 Å². The van der Waals surface area contributed by atoms with Gasteiger partial charge in [-0.3, -0.25) is 43.3 Å². The van der Waals surface area contributed by atoms with E-state index in [-0.39, 0.29) is 95.0 Å². The molecule has 0 aliphatic carbocycles. The van der Waals surface area contributed by atoms with Gasteiger partial charge in [-0.05, 0) is 178 Å². The predicted octanol–water partition coefficient (Wildman–Crippen LogP) is 20.3. The van der Waals surface area contributed by atoms with Gasteiger partial charge in [-0.25, -0.2) is 4.98 Å². The molecule has 3 atom stereocenters. The summed E-state index contributed by atoms with van der Waals surface area (Å²) in [6.07, 6.45) is 21.3. The number of hydrogen-bond acceptors (Lipinski definition) is 22. The van der Waals surface area contributed by atoms with E-state index in [1.54, 1.807) is 215 Å². The first kappa shape index (κ1) is 95.8. The molecule has 12 aromatic rings. The summed E-state index contributed by atoms with van der Waals surface area (Å²) in [4.78, 5) is 108. The fourth-order valence-electron chi connectivity index (χ4n) is 15.2. The van der Waals surface area contributed by atoms with Gasteiger partial charge in [0.1, 0.15) is 102 Å². The third-order valence-electron chi connectivity index (χ3n) is 21.9. The Morgan fingerprint density at radius 2 is 0.794 bits per heavy atom. The lowest BCUT2D eigenvalue weighted by Gasteiger charge is -2.36. The Labute approximate surface area is 763 Å². The second-order valence-corrected chi connectivity index (χ2v) is 30.5. The van der Waals surface area contributed by atoms with Crippen LogP contribution in [0.5, 0.6) is 63.2 Å². The molecule has 6 heterocycles. The fourth-order valence-corrected chi connectivity index (χ4v) is 15.3. The fraction of sp³-hybridized carbons (Fsp3) is 0.181. The number of piperidine rings is 2. The molecular formula is C105H98ClN5O20. The number of aromatic hydroxyl groups is 6. The number of phenols is 5. The van der Waals surface area contributed by atoms with Gasteiger partial charge in [0.15, 0.2) is 37.2 Å². The van der Waals surface area contributed by atoms with E-state index in [1.165, 1.54) is 24.3 Å². The number of benzene rings is 9. The topological polar surface area (TPSA) is 353 Å². The second kappa shape index (κ2) is 47.6. The quantitative estimate of drug-likeness (QED) is 0.0228. The second-order valence-electron chi connectivity index (χ2n) is 30.1. The molecule has 3 fully saturated rings. The Morgan fingerprint density at radius 3 is 1.23 bits per heavy atom. The molecule has 3 aliphatic heterocycles. The maximum absolute atomic E-state index is 13.1. The molecule has 0 spiro atoms. The van der Waals surface area contributed by atoms with Crippen LogP contribution in [-0.4, -0.2) is 162 Å². The highest BCUT2D eigenvalue weighted by Crippen LogP contribution is 2.38. The molecule has 9 aromatic carbocycles. The minimum Gasteiger partial charge on any atom is -0.507 e. The van der Waals surface area contributed by atoms with Crippen LogP contribution >= 0.6 is 11.6 Å². The number of aromatic nitrogens is 2. The van der Waals surface area contributed by atoms with Crippen LogP contribution in [0.15, 0.2) is 262 Å². The van der Waals surface area contributed by atoms with Crippen LogP contribution in [0.2, 0.25) is 5.02 Å². The third-order valence-corrected chi connectivity index (χ3v) is 22.2. The highest BCUT2D eigenvalue weighted by Gasteiger charge is 2.34. The first-order valence-corrected chi connectivity index (χ1v) is 42.4. The highest BCUT2D eigenvalue weighted by molar-refractivity contribution is 6.31. The number of amides is 3. The molecule has 0 radical (unpaired) electrons. The summed E-state index contributed by atoms with van der Waals surface area (Å²) in [6, 6.07) is 59.2. The van der Waals surface area contributed by atoms with Crippen LogP contribution in [0, 0.1) is 0 Å². The van der Waals surface area contributed by atoms with Gasteiger partial charge in [-0.1, -0.05) is 172 Å². The summed E-state index contributed by atoms with van der Waals surface area (Å²) in [5.74, 6) is 2.73. The van der Waals surface area contributed by atoms with Crippen molar-refractivity contribution < 1.29 is 97.1 Å². The van der Waals surface area contributed by atoms with Gasteiger partial charge in [0.05, 0.1) is 80.3 Å². The number of nitrogens with zero attached hydrogens (tertiary/aromatic N) is 5. The first-order chi connectivity index (χ1) is 63.7. The number of phenolic OH excluding ortho intramolecular Hbond substituents is 5. The van der Waals surface area contributed by atoms with Crippen molar-refractivity contribution in [1.29, 1.82) is 0 Å². The zero-order valence-electron chi connectivity index (χ0n) is 71.7. The van der Waals surface area contributed by atoms with E-state index in [0.717, 1.165) is 73.6 Å². The summed E-state index contributed by atoms with van der Waals surface area (Å²) in [5.41, 5.74) is 9.26. The van der Waals surface area contributed by atoms with E-state index in [9.17, 15) is 69.0 Å². The molecule has 3 amide bonds. The van der Waals surface area contributed by atoms with Crippen LogP contribution in [0.3, 0.4) is 0 Å². The van der Waals surface area contributed by atoms with Gasteiger partial charge in [0.25, 0.3) is 17.7 Å². The number of carbonyl (C=O) groups is 8. The van der Waals surface area contributed by atoms with E-state index < -0.39 is 0 Å². The summed E-state index contributed by atoms with van der Waals surface area (Å²) in [6.45, 7) is 21.8. The van der Waals surface area contributed by atoms with Gasteiger partial charge < -0.3 is 73.4 Å². The summed E-state index contributed by atoms with van der Waals surface area (Å²) >= 11 is 6.04. The molecule has 3 aliphatic rings. The van der Waals surface area contributed by atoms with Gasteiger partial charge in [-0.15, -0.1) is 0 Å². The standard InChI is InChI=1S/C22H22ClNO4.C22H23NO4.C21H21NO4.C20H16N2O4.C20H16O4/c1-2-18-20(26)7-5-8-21(18)28-14-17-6-3-4-11-24(17)22(27)19-12-16(23)10-9-15(19)13-25;1-2-18-20(25)11-7-12-21(18)27-15-17-9-5-6-13-23(17)22(26)19-10-4-3-8-16(19)14-24;1-2-17-19(24)10-5-11-20(17)26-14-16-8-6-12-22(16)21(25)18-9-4-3-7-15(18)13-23;1-2-14-17(24)6-3-7-19(14)26-12-13-5-4-10-21-20(13)15-8-9-18(25)16(11-23)22-15;1-2-17-19(22)8-5-9-20(17)24-12-14-6-3-4-7-18(14)15-10-16(11-21)23-13-15/h2,5,7-10,12-13,17,26H,1,3-4,6,11,14H2;2-4,7-8,10-12,14,17,25H,1,5-6,9,13,15H2;2-5,7,9-11,13,16,24H,1,6,8,12,14H2;2-11,24-25H,1,12H2;2-11,13,22H,1,12H2/t2*17-;16-;;/m010../s1. The van der Waals surface area contributed by atoms with Crippen molar-refractivity contribution in [1.82, 2.24) is 24.7 Å². The number of likely N-dealkylation sites (tertiary alicyclic amines) is 3. The van der Waals surface area contributed by atoms with Crippen molar-refractivity contribution in [3.8, 4) is 85.8 Å². The number of aldehydes is 5. The number of furan rings is 1. The maximum atomic E-state index is 13.1. The lowest BCUT2D eigenvalue weighted by molar-refractivity contribution is 0.0521. The smallest absolute Gasteiger partial charge is 0.255 e. The largest absolute Gasteiger partial charge is 0.507 e. The highest BCUT2D eigenvalue weighted by atomic mass is 35.5. The van der Waals surface area contributed by atoms with E-state index >= 15 is 0 Å². The summed E-state index contributed by atoms with van der Waals surface area (Å²) in [5, 5.41) is 59.5. The SMILES string of the molecule is C=Cc1c(O)cccc1OC[C@@H]1CCCCN1C(=O)c1cc(Cl)ccc1C=O.C=Cc1c(O)cccc1OC[C@@H]1CCCN1C(=O)c1ccccc1C=O.C=Cc1c(O)cccc1OC[C@H]1CCCCN1C(=O)c1ccccc1C=O.C=Cc1c(O)cccc1OCc1ccccc1-c1coc(C=O)c1.C=Cc1c(O)cccc1OCc1cccnc1-c1ccc(O)c(C=O)n1. The first-order valence-electron chi connectivity index (χ1n) is 42.1. The average Bonchev–Trinajstić information content (AvgIpc) is 1.10. The molecule has 26 heteroatoms. The van der Waals surface area contributed by atoms with Crippen LogP contribution in [0.25, 0.3) is 52.9 Å². The van der Waals surface area contributed by atoms with E-state index in [1.807, 2.05) is 30.3 Å². The lowest BCUT2D eigenvalue weighted by atomic mass is 9.99. The number of rotatable bonds is 30. The van der Waals surface area contributed by atoms with Gasteiger partial charge >= 0.3 is 0 Å². The van der Waals surface area contributed by atoms with Crippen molar-refractivity contribution in [3.63, 3.8) is 0 Å². The number of ether oxygens (including phenoxy) is 5. The Bertz CT molecular complexity index is 6120. The minimum atomic E-state index is -0.224. The molecule has 0 bridgehead atoms. The Kier molecular flexibility index (Phi) is 34.8. The van der Waals surface area contributed by atoms with Crippen LogP contribution in [-0.2, 0) is 13.2 Å². The van der Waals surface area contributed by atoms with Crippen LogP contribution in [0.4, 0.5) is 0 Å². The monoisotopic (exact) mass is 1780 g/mol. The van der Waals surface area contributed by atoms with Gasteiger partial charge in [0.2, 0.25) is 0 Å². The van der Waals surface area contributed by atoms with Gasteiger partial charge in [0, 0.05) is 58.7 Å². The van der Waals surface area contributed by atoms with Crippen molar-refractivity contribution in [2.45, 2.75) is 82.7 Å². The normalized spacial score (nSPS) is 14.1. The third kappa shape index (κ3) is 24.5. The molecule has 3 aromatic heterocycles. The zero-order chi connectivity index (χ0) is 93.3. The molecule has 131 heavy (non-hydrogen) atoms. The molecule has 0 unspecified atom stereocenters. The van der Waals surface area contributed by atoms with Crippen LogP contribution < -0.4 is 23.7 Å². The number of halogens is 1. The molecular weight excluding hydrogens is 1690 g/mol. The van der Waals surface area contributed by atoms with Crippen molar-refractivity contribution in [2.24, 2.45) is 0 Å². The van der Waals surface area contributed by atoms with Crippen LogP contribution in [0.1, 0.15) is 174 Å². The van der Waals surface area contributed by atoms with E-state index in [2.05, 4.69) is 42.9 Å². The molecule has 670 valence electrons. The molecule has 15 rings (SSSR count). The number of pyridine rings is 2. The van der Waals surface area contributed by atoms with Crippen molar-refractivity contribution in [3.05, 3.63) is 346 Å². The number of carbonyl (C=O) groups excluding carboxylic acids is 8. The van der Waals surface area contributed by atoms with Gasteiger partial charge in [-0.2, -0.15) is 0 Å². The zero-order valence-corrected chi connectivity index (χ0v) is 72.5. The van der Waals surface area contributed by atoms with Crippen molar-refractivity contribution >= 4 is 91.1 Å². The predicted molar refractivity (Wildman–Crippen MR) is 502 cm³/mol. The lowest BCUT2D eigenvalue weighted by Crippen LogP contribution is -2.47. The summed E-state index contributed by atoms with van der Waals surface area (Å²) in [7, 11) is 0. The summed E-state index contributed by atoms with van der Waals surface area (Å²) < 4.78 is 34.6. The Hall–Kier alpha value is -15.9. The molecule has 6 N–H and O–H groups in total. The molecule has 0 saturated carbocycles. The minimum absolute atomic E-state index is 0.0538. The maximum Gasteiger partial charge on any atom is 0.255 e. The average molecular weight is 1790 g/mol. The van der Waals surface area contributed by atoms with Crippen molar-refractivity contribution in [2.75, 3.05) is 39.5 Å². The molecule has 3 saturated heterocycles. The Balaban J connectivity index is 0.000000158.